The lowest BCUT2D eigenvalue weighted by molar-refractivity contribution is -0.147. The molecule has 0 spiro atoms. The second kappa shape index (κ2) is 12.2. The van der Waals surface area contributed by atoms with Gasteiger partial charge in [-0.15, -0.1) is 0 Å². The third kappa shape index (κ3) is 7.53. The summed E-state index contributed by atoms with van der Waals surface area (Å²) in [5.41, 5.74) is 2.00. The Kier molecular flexibility index (Phi) is 9.77. The first-order valence-electron chi connectivity index (χ1n) is 12.7. The van der Waals surface area contributed by atoms with Crippen LogP contribution in [0.25, 0.3) is 0 Å². The first-order valence-corrected chi connectivity index (χ1v) is 16.4. The van der Waals surface area contributed by atoms with Crippen molar-refractivity contribution in [2.45, 2.75) is 83.5 Å². The molecule has 10 heteroatoms. The molecule has 1 aromatic heterocycles. The lowest BCUT2D eigenvalue weighted by Gasteiger charge is -2.37. The van der Waals surface area contributed by atoms with Crippen molar-refractivity contribution in [3.05, 3.63) is 52.0 Å². The van der Waals surface area contributed by atoms with Crippen LogP contribution in [-0.2, 0) is 14.0 Å². The van der Waals surface area contributed by atoms with Gasteiger partial charge in [0.1, 0.15) is 28.3 Å². The lowest BCUT2D eigenvalue weighted by Crippen LogP contribution is -2.43. The van der Waals surface area contributed by atoms with Gasteiger partial charge >= 0.3 is 5.97 Å². The average Bonchev–Trinajstić information content (AvgIpc) is 2.81. The summed E-state index contributed by atoms with van der Waals surface area (Å²) in [6.07, 6.45) is 4.85. The van der Waals surface area contributed by atoms with E-state index in [0.29, 0.717) is 19.1 Å². The minimum absolute atomic E-state index is 0.00428. The Morgan fingerprint density at radius 3 is 2.11 bits per heavy atom. The standard InChI is InChI=1S/C27H37Cl2N3O4Si/c1-18(33)36-22-13-9-20(10-14-22)19-7-11-21(12-8-19)32(15-16-35-37(5,6)27(2,3)4)26(34)23-24(28)30-17-31-25(23)29/h7-8,11-12,17,20,22H,9-10,13-16H2,1-6H3. The molecule has 1 aliphatic rings. The molecule has 1 heterocycles. The second-order valence-electron chi connectivity index (χ2n) is 11.1. The number of rotatable bonds is 8. The van der Waals surface area contributed by atoms with Crippen LogP contribution in [0.3, 0.4) is 0 Å². The van der Waals surface area contributed by atoms with Crippen molar-refractivity contribution in [2.24, 2.45) is 0 Å². The van der Waals surface area contributed by atoms with Crippen LogP contribution in [-0.4, -0.2) is 49.4 Å². The highest BCUT2D eigenvalue weighted by Gasteiger charge is 2.37. The molecule has 0 atom stereocenters. The van der Waals surface area contributed by atoms with Gasteiger partial charge in [-0.2, -0.15) is 0 Å². The number of aromatic nitrogens is 2. The molecule has 1 amide bonds. The molecular formula is C27H37Cl2N3O4Si. The minimum Gasteiger partial charge on any atom is -0.463 e. The summed E-state index contributed by atoms with van der Waals surface area (Å²) in [4.78, 5) is 34.4. The van der Waals surface area contributed by atoms with E-state index in [1.165, 1.54) is 18.8 Å². The van der Waals surface area contributed by atoms with E-state index < -0.39 is 8.32 Å². The van der Waals surface area contributed by atoms with E-state index in [9.17, 15) is 9.59 Å². The van der Waals surface area contributed by atoms with Crippen molar-refractivity contribution in [3.8, 4) is 0 Å². The maximum atomic E-state index is 13.6. The summed E-state index contributed by atoms with van der Waals surface area (Å²) < 4.78 is 11.7. The molecule has 7 nitrogen and oxygen atoms in total. The van der Waals surface area contributed by atoms with E-state index in [1.54, 1.807) is 4.90 Å². The van der Waals surface area contributed by atoms with Gasteiger partial charge in [0.25, 0.3) is 5.91 Å². The van der Waals surface area contributed by atoms with Crippen LogP contribution in [0, 0.1) is 0 Å². The Morgan fingerprint density at radius 1 is 1.03 bits per heavy atom. The summed E-state index contributed by atoms with van der Waals surface area (Å²) >= 11 is 12.5. The zero-order valence-corrected chi connectivity index (χ0v) is 25.0. The van der Waals surface area contributed by atoms with E-state index in [0.717, 1.165) is 31.4 Å². The topological polar surface area (TPSA) is 81.6 Å². The number of amides is 1. The molecule has 0 bridgehead atoms. The van der Waals surface area contributed by atoms with Gasteiger partial charge in [0.05, 0.1) is 6.61 Å². The maximum absolute atomic E-state index is 13.6. The first-order chi connectivity index (χ1) is 17.3. The Bertz CT molecular complexity index is 1080. The van der Waals surface area contributed by atoms with Gasteiger partial charge in [-0.25, -0.2) is 9.97 Å². The van der Waals surface area contributed by atoms with Crippen molar-refractivity contribution in [1.29, 1.82) is 0 Å². The van der Waals surface area contributed by atoms with Gasteiger partial charge in [0.15, 0.2) is 8.32 Å². The van der Waals surface area contributed by atoms with Crippen molar-refractivity contribution >= 4 is 49.1 Å². The Balaban J connectivity index is 1.80. The molecule has 3 rings (SSSR count). The Hall–Kier alpha value is -2.00. The van der Waals surface area contributed by atoms with Gasteiger partial charge in [0, 0.05) is 19.2 Å². The summed E-state index contributed by atoms with van der Waals surface area (Å²) in [6, 6.07) is 8.02. The van der Waals surface area contributed by atoms with Crippen molar-refractivity contribution in [1.82, 2.24) is 9.97 Å². The Labute approximate surface area is 231 Å². The SMILES string of the molecule is CC(=O)OC1CCC(c2ccc(N(CCO[Si](C)(C)C(C)(C)C)C(=O)c3c(Cl)ncnc3Cl)cc2)CC1. The summed E-state index contributed by atoms with van der Waals surface area (Å²) in [5, 5.41) is 0.0839. The number of carbonyl (C=O) groups excluding carboxylic acids is 2. The van der Waals surface area contributed by atoms with Gasteiger partial charge in [0.2, 0.25) is 0 Å². The number of hydrogen-bond acceptors (Lipinski definition) is 6. The zero-order valence-electron chi connectivity index (χ0n) is 22.5. The first kappa shape index (κ1) is 29.6. The maximum Gasteiger partial charge on any atom is 0.302 e. The molecule has 2 aromatic rings. The van der Waals surface area contributed by atoms with E-state index in [1.807, 2.05) is 12.1 Å². The molecule has 1 aliphatic carbocycles. The number of halogens is 2. The number of carbonyl (C=O) groups is 2. The molecule has 1 aromatic carbocycles. The third-order valence-corrected chi connectivity index (χ3v) is 12.6. The predicted molar refractivity (Wildman–Crippen MR) is 150 cm³/mol. The summed E-state index contributed by atoms with van der Waals surface area (Å²) in [5.74, 6) is -0.207. The number of anilines is 1. The van der Waals surface area contributed by atoms with Crippen molar-refractivity contribution in [3.63, 3.8) is 0 Å². The van der Waals surface area contributed by atoms with Gasteiger partial charge < -0.3 is 14.1 Å². The van der Waals surface area contributed by atoms with Crippen LogP contribution in [0.5, 0.6) is 0 Å². The van der Waals surface area contributed by atoms with Crippen LogP contribution in [0.2, 0.25) is 28.4 Å². The van der Waals surface area contributed by atoms with Gasteiger partial charge in [-0.1, -0.05) is 56.1 Å². The largest absolute Gasteiger partial charge is 0.463 e. The van der Waals surface area contributed by atoms with Crippen LogP contribution in [0.15, 0.2) is 30.6 Å². The van der Waals surface area contributed by atoms with E-state index >= 15 is 0 Å². The minimum atomic E-state index is -2.00. The fourth-order valence-corrected chi connectivity index (χ4v) is 5.80. The molecular weight excluding hydrogens is 529 g/mol. The normalized spacial score (nSPS) is 18.4. The van der Waals surface area contributed by atoms with E-state index in [2.05, 4.69) is 56.0 Å². The Morgan fingerprint density at radius 2 is 1.59 bits per heavy atom. The fourth-order valence-electron chi connectivity index (χ4n) is 4.29. The number of esters is 1. The molecule has 0 unspecified atom stereocenters. The predicted octanol–water partition coefficient (Wildman–Crippen LogP) is 7.04. The number of nitrogens with zero attached hydrogens (tertiary/aromatic N) is 3. The van der Waals surface area contributed by atoms with Crippen LogP contribution in [0.4, 0.5) is 5.69 Å². The van der Waals surface area contributed by atoms with Crippen LogP contribution >= 0.6 is 23.2 Å². The fraction of sp³-hybridized carbons (Fsp3) is 0.556. The van der Waals surface area contributed by atoms with Crippen molar-refractivity contribution < 1.29 is 18.8 Å². The average molecular weight is 567 g/mol. The number of hydrogen-bond donors (Lipinski definition) is 0. The second-order valence-corrected chi connectivity index (χ2v) is 16.6. The highest BCUT2D eigenvalue weighted by molar-refractivity contribution is 6.74. The lowest BCUT2D eigenvalue weighted by atomic mass is 9.82. The number of ether oxygens (including phenoxy) is 1. The highest BCUT2D eigenvalue weighted by Crippen LogP contribution is 2.37. The summed E-state index contributed by atoms with van der Waals surface area (Å²) in [7, 11) is -2.00. The molecule has 0 N–H and O–H groups in total. The highest BCUT2D eigenvalue weighted by atomic mass is 35.5. The monoisotopic (exact) mass is 565 g/mol. The van der Waals surface area contributed by atoms with Gasteiger partial charge in [-0.3, -0.25) is 9.59 Å². The number of benzene rings is 1. The molecule has 1 saturated carbocycles. The third-order valence-electron chi connectivity index (χ3n) is 7.48. The molecule has 202 valence electrons. The van der Waals surface area contributed by atoms with Crippen LogP contribution in [0.1, 0.15) is 75.2 Å². The zero-order chi connectivity index (χ0) is 27.4. The quantitative estimate of drug-likeness (QED) is 0.194. The molecule has 37 heavy (non-hydrogen) atoms. The molecule has 0 aliphatic heterocycles. The van der Waals surface area contributed by atoms with E-state index in [-0.39, 0.29) is 38.9 Å². The molecule has 1 fully saturated rings. The smallest absolute Gasteiger partial charge is 0.302 e. The van der Waals surface area contributed by atoms with Gasteiger partial charge in [-0.05, 0) is 67.4 Å². The van der Waals surface area contributed by atoms with Crippen molar-refractivity contribution in [2.75, 3.05) is 18.1 Å². The van der Waals surface area contributed by atoms with Crippen LogP contribution < -0.4 is 4.90 Å². The molecule has 0 radical (unpaired) electrons. The molecule has 0 saturated heterocycles. The van der Waals surface area contributed by atoms with E-state index in [4.69, 9.17) is 32.4 Å². The summed E-state index contributed by atoms with van der Waals surface area (Å²) in [6.45, 7) is 13.1.